The zero-order chi connectivity index (χ0) is 22.9. The quantitative estimate of drug-likeness (QED) is 0.337. The number of rotatable bonds is 9. The van der Waals surface area contributed by atoms with E-state index < -0.39 is 0 Å². The van der Waals surface area contributed by atoms with Gasteiger partial charge in [0.15, 0.2) is 0 Å². The lowest BCUT2D eigenvalue weighted by Crippen LogP contribution is -2.23. The molecular weight excluding hydrogens is 408 g/mol. The third-order valence-electron chi connectivity index (χ3n) is 5.60. The summed E-state index contributed by atoms with van der Waals surface area (Å²) in [7, 11) is 1.62. The van der Waals surface area contributed by atoms with E-state index in [1.165, 1.54) is 11.1 Å². The molecule has 4 nitrogen and oxygen atoms in total. The maximum atomic E-state index is 12.6. The third-order valence-corrected chi connectivity index (χ3v) is 5.60. The normalized spacial score (nSPS) is 11.5. The molecule has 0 heterocycles. The summed E-state index contributed by atoms with van der Waals surface area (Å²) >= 11 is 0. The van der Waals surface area contributed by atoms with Gasteiger partial charge in [0.25, 0.3) is 5.91 Å². The highest BCUT2D eigenvalue weighted by atomic mass is 16.5. The van der Waals surface area contributed by atoms with Crippen LogP contribution in [0.25, 0.3) is 0 Å². The number of nitrogens with one attached hydrogen (secondary N) is 2. The van der Waals surface area contributed by atoms with Gasteiger partial charge in [0.2, 0.25) is 0 Å². The van der Waals surface area contributed by atoms with Crippen molar-refractivity contribution in [2.45, 2.75) is 19.0 Å². The summed E-state index contributed by atoms with van der Waals surface area (Å²) in [5.74, 6) is 0.622. The number of carbonyl (C=O) groups is 1. The van der Waals surface area contributed by atoms with Gasteiger partial charge >= 0.3 is 0 Å². The van der Waals surface area contributed by atoms with E-state index in [1.807, 2.05) is 60.7 Å². The first kappa shape index (κ1) is 22.3. The number of hydrogen-bond acceptors (Lipinski definition) is 3. The number of anilines is 1. The number of carbonyl (C=O) groups excluding carboxylic acids is 1. The van der Waals surface area contributed by atoms with Gasteiger partial charge in [0.1, 0.15) is 5.75 Å². The molecule has 0 aliphatic heterocycles. The van der Waals surface area contributed by atoms with Crippen LogP contribution in [-0.4, -0.2) is 13.0 Å². The van der Waals surface area contributed by atoms with Crippen LogP contribution in [0.15, 0.2) is 109 Å². The van der Waals surface area contributed by atoms with Crippen molar-refractivity contribution < 1.29 is 9.53 Å². The van der Waals surface area contributed by atoms with Gasteiger partial charge in [-0.2, -0.15) is 0 Å². The minimum Gasteiger partial charge on any atom is -0.497 e. The monoisotopic (exact) mass is 436 g/mol. The Morgan fingerprint density at radius 2 is 1.39 bits per heavy atom. The Morgan fingerprint density at radius 1 is 0.758 bits per heavy atom. The van der Waals surface area contributed by atoms with Gasteiger partial charge in [0, 0.05) is 23.8 Å². The fraction of sp³-hybridized carbons (Fsp3) is 0.138. The predicted octanol–water partition coefficient (Wildman–Crippen LogP) is 6.02. The second-order valence-electron chi connectivity index (χ2n) is 7.91. The molecule has 0 aliphatic carbocycles. The summed E-state index contributed by atoms with van der Waals surface area (Å²) in [5.41, 5.74) is 5.04. The van der Waals surface area contributed by atoms with Crippen molar-refractivity contribution in [1.29, 1.82) is 0 Å². The summed E-state index contributed by atoms with van der Waals surface area (Å²) in [4.78, 5) is 12.6. The van der Waals surface area contributed by atoms with Crippen LogP contribution in [0.3, 0.4) is 0 Å². The topological polar surface area (TPSA) is 50.4 Å². The van der Waals surface area contributed by atoms with Gasteiger partial charge in [-0.1, -0.05) is 72.8 Å². The standard InChI is InChI=1S/C29H28N2O2/c1-33-27-18-16-26(17-19-27)31-29(32)25-14-12-23(13-15-25)21-30-28(24-10-6-3-7-11-24)20-22-8-4-2-5-9-22/h2-19,28,30H,20-21H2,1H3,(H,31,32)/t28-/m0/s1. The van der Waals surface area contributed by atoms with Crippen molar-refractivity contribution >= 4 is 11.6 Å². The molecule has 0 aromatic heterocycles. The average Bonchev–Trinajstić information content (AvgIpc) is 2.88. The van der Waals surface area contributed by atoms with E-state index in [9.17, 15) is 4.79 Å². The predicted molar refractivity (Wildman–Crippen MR) is 134 cm³/mol. The van der Waals surface area contributed by atoms with Crippen LogP contribution in [0.5, 0.6) is 5.75 Å². The van der Waals surface area contributed by atoms with Gasteiger partial charge in [-0.25, -0.2) is 0 Å². The van der Waals surface area contributed by atoms with E-state index in [2.05, 4.69) is 59.2 Å². The van der Waals surface area contributed by atoms with Crippen LogP contribution in [0.2, 0.25) is 0 Å². The van der Waals surface area contributed by atoms with Crippen molar-refractivity contribution in [2.75, 3.05) is 12.4 Å². The maximum Gasteiger partial charge on any atom is 0.255 e. The average molecular weight is 437 g/mol. The number of methoxy groups -OCH3 is 1. The summed E-state index contributed by atoms with van der Waals surface area (Å²) in [5, 5.41) is 6.61. The van der Waals surface area contributed by atoms with Crippen LogP contribution in [-0.2, 0) is 13.0 Å². The molecule has 4 heteroatoms. The summed E-state index contributed by atoms with van der Waals surface area (Å²) < 4.78 is 5.15. The molecule has 0 fully saturated rings. The molecule has 0 saturated carbocycles. The van der Waals surface area contributed by atoms with Gasteiger partial charge in [-0.05, 0) is 59.5 Å². The molecular formula is C29H28N2O2. The molecule has 4 aromatic carbocycles. The Balaban J connectivity index is 1.38. The number of hydrogen-bond donors (Lipinski definition) is 2. The lowest BCUT2D eigenvalue weighted by Gasteiger charge is -2.20. The molecule has 0 aliphatic rings. The molecule has 4 aromatic rings. The second-order valence-corrected chi connectivity index (χ2v) is 7.91. The summed E-state index contributed by atoms with van der Waals surface area (Å²) in [6.45, 7) is 0.715. The Hall–Kier alpha value is -3.89. The smallest absolute Gasteiger partial charge is 0.255 e. The fourth-order valence-corrected chi connectivity index (χ4v) is 3.74. The van der Waals surface area contributed by atoms with Crippen molar-refractivity contribution in [2.24, 2.45) is 0 Å². The van der Waals surface area contributed by atoms with Gasteiger partial charge in [-0.3, -0.25) is 4.79 Å². The molecule has 33 heavy (non-hydrogen) atoms. The molecule has 1 amide bonds. The minimum absolute atomic E-state index is 0.133. The Morgan fingerprint density at radius 3 is 2.03 bits per heavy atom. The number of benzene rings is 4. The van der Waals surface area contributed by atoms with Gasteiger partial charge in [0.05, 0.1) is 7.11 Å². The van der Waals surface area contributed by atoms with Crippen LogP contribution < -0.4 is 15.4 Å². The molecule has 1 atom stereocenters. The molecule has 0 bridgehead atoms. The zero-order valence-electron chi connectivity index (χ0n) is 18.7. The van der Waals surface area contributed by atoms with Crippen LogP contribution >= 0.6 is 0 Å². The Bertz CT molecular complexity index is 1140. The maximum absolute atomic E-state index is 12.6. The second kappa shape index (κ2) is 11.1. The summed E-state index contributed by atoms with van der Waals surface area (Å²) in [6, 6.07) is 36.3. The highest BCUT2D eigenvalue weighted by Crippen LogP contribution is 2.20. The molecule has 166 valence electrons. The molecule has 4 rings (SSSR count). The van der Waals surface area contributed by atoms with E-state index in [1.54, 1.807) is 7.11 Å². The highest BCUT2D eigenvalue weighted by molar-refractivity contribution is 6.04. The molecule has 0 spiro atoms. The van der Waals surface area contributed by atoms with Crippen LogP contribution in [0.4, 0.5) is 5.69 Å². The largest absolute Gasteiger partial charge is 0.497 e. The van der Waals surface area contributed by atoms with E-state index in [4.69, 9.17) is 4.74 Å². The molecule has 2 N–H and O–H groups in total. The lowest BCUT2D eigenvalue weighted by molar-refractivity contribution is 0.102. The van der Waals surface area contributed by atoms with E-state index in [0.717, 1.165) is 23.4 Å². The lowest BCUT2D eigenvalue weighted by atomic mass is 9.98. The highest BCUT2D eigenvalue weighted by Gasteiger charge is 2.12. The first-order chi connectivity index (χ1) is 16.2. The first-order valence-corrected chi connectivity index (χ1v) is 11.1. The van der Waals surface area contributed by atoms with Crippen molar-refractivity contribution in [3.05, 3.63) is 131 Å². The Labute approximate surface area is 195 Å². The zero-order valence-corrected chi connectivity index (χ0v) is 18.7. The third kappa shape index (κ3) is 6.31. The number of ether oxygens (including phenoxy) is 1. The fourth-order valence-electron chi connectivity index (χ4n) is 3.74. The molecule has 0 radical (unpaired) electrons. The van der Waals surface area contributed by atoms with Gasteiger partial charge < -0.3 is 15.4 Å². The van der Waals surface area contributed by atoms with Crippen molar-refractivity contribution in [1.82, 2.24) is 5.32 Å². The summed E-state index contributed by atoms with van der Waals surface area (Å²) in [6.07, 6.45) is 0.910. The van der Waals surface area contributed by atoms with Crippen molar-refractivity contribution in [3.8, 4) is 5.75 Å². The first-order valence-electron chi connectivity index (χ1n) is 11.1. The van der Waals surface area contributed by atoms with Crippen LogP contribution in [0.1, 0.15) is 33.1 Å². The van der Waals surface area contributed by atoms with Gasteiger partial charge in [-0.15, -0.1) is 0 Å². The molecule has 0 unspecified atom stereocenters. The number of amides is 1. The van der Waals surface area contributed by atoms with Crippen molar-refractivity contribution in [3.63, 3.8) is 0 Å². The molecule has 0 saturated heterocycles. The van der Waals surface area contributed by atoms with E-state index >= 15 is 0 Å². The Kier molecular flexibility index (Phi) is 7.52. The van der Waals surface area contributed by atoms with Crippen LogP contribution in [0, 0.1) is 0 Å². The van der Waals surface area contributed by atoms with E-state index in [-0.39, 0.29) is 11.9 Å². The minimum atomic E-state index is -0.133. The van der Waals surface area contributed by atoms with E-state index in [0.29, 0.717) is 12.1 Å². The SMILES string of the molecule is COc1ccc(NC(=O)c2ccc(CN[C@@H](Cc3ccccc3)c3ccccc3)cc2)cc1.